The number of methoxy groups -OCH3 is 3. The number of nitrogens with one attached hydrogen (secondary N) is 3. The molecule has 0 atom stereocenters. The summed E-state index contributed by atoms with van der Waals surface area (Å²) in [4.78, 5) is 29.6. The first-order chi connectivity index (χ1) is 16.5. The van der Waals surface area contributed by atoms with Gasteiger partial charge in [0, 0.05) is 23.7 Å². The summed E-state index contributed by atoms with van der Waals surface area (Å²) in [7, 11) is 4.54. The van der Waals surface area contributed by atoms with Crippen LogP contribution < -0.4 is 30.2 Å². The Morgan fingerprint density at radius 2 is 1.56 bits per heavy atom. The molecule has 1 aromatic heterocycles. The number of hydrogen-bond donors (Lipinski definition) is 3. The number of amides is 3. The minimum atomic E-state index is -0.435. The molecule has 3 aromatic rings. The van der Waals surface area contributed by atoms with Gasteiger partial charge in [0.15, 0.2) is 16.6 Å². The molecule has 0 spiro atoms. The van der Waals surface area contributed by atoms with Gasteiger partial charge in [-0.1, -0.05) is 30.6 Å². The molecule has 4 rings (SSSR count). The van der Waals surface area contributed by atoms with Crippen molar-refractivity contribution in [2.24, 2.45) is 5.92 Å². The van der Waals surface area contributed by atoms with Gasteiger partial charge in [-0.3, -0.25) is 4.79 Å². The molecule has 2 aromatic carbocycles. The summed E-state index contributed by atoms with van der Waals surface area (Å²) in [5, 5.41) is 9.10. The maximum atomic E-state index is 12.6. The quantitative estimate of drug-likeness (QED) is 0.409. The summed E-state index contributed by atoms with van der Waals surface area (Å²) in [5.41, 5.74) is 1.76. The Labute approximate surface area is 201 Å². The van der Waals surface area contributed by atoms with E-state index in [0.717, 1.165) is 30.4 Å². The number of ether oxygens (including phenoxy) is 3. The number of rotatable bonds is 7. The van der Waals surface area contributed by atoms with Crippen molar-refractivity contribution >= 4 is 50.0 Å². The molecule has 0 unspecified atom stereocenters. The zero-order chi connectivity index (χ0) is 24.1. The highest BCUT2D eigenvalue weighted by Crippen LogP contribution is 2.40. The van der Waals surface area contributed by atoms with E-state index in [2.05, 4.69) is 20.9 Å². The Bertz CT molecular complexity index is 1160. The van der Waals surface area contributed by atoms with Gasteiger partial charge in [0.2, 0.25) is 11.7 Å². The maximum Gasteiger partial charge on any atom is 0.323 e. The fourth-order valence-corrected chi connectivity index (χ4v) is 4.93. The summed E-state index contributed by atoms with van der Waals surface area (Å²) < 4.78 is 16.9. The number of hydrogen-bond acceptors (Lipinski definition) is 7. The summed E-state index contributed by atoms with van der Waals surface area (Å²) in [5.74, 6) is 1.42. The van der Waals surface area contributed by atoms with Crippen LogP contribution in [0.1, 0.15) is 32.1 Å². The first-order valence-corrected chi connectivity index (χ1v) is 11.9. The van der Waals surface area contributed by atoms with Crippen LogP contribution in [-0.4, -0.2) is 38.3 Å². The molecule has 1 fully saturated rings. The van der Waals surface area contributed by atoms with Crippen molar-refractivity contribution in [3.63, 3.8) is 0 Å². The molecule has 3 amide bonds. The topological polar surface area (TPSA) is 111 Å². The number of carbonyl (C=O) groups excluding carboxylic acids is 2. The third-order valence-electron chi connectivity index (χ3n) is 5.77. The summed E-state index contributed by atoms with van der Waals surface area (Å²) in [6.45, 7) is 0. The van der Waals surface area contributed by atoms with E-state index in [-0.39, 0.29) is 11.8 Å². The number of anilines is 3. The molecule has 1 heterocycles. The maximum absolute atomic E-state index is 12.6. The smallest absolute Gasteiger partial charge is 0.323 e. The zero-order valence-electron chi connectivity index (χ0n) is 19.4. The molecule has 1 aliphatic carbocycles. The average molecular weight is 485 g/mol. The van der Waals surface area contributed by atoms with Crippen molar-refractivity contribution in [3.05, 3.63) is 30.3 Å². The van der Waals surface area contributed by atoms with Gasteiger partial charge >= 0.3 is 6.03 Å². The Hall–Kier alpha value is -3.53. The SMILES string of the molecule is COc1cc(NC(=O)Nc2ccc3sc(NC(=O)C4CCCCC4)nc3c2)cc(OC)c1OC. The number of fused-ring (bicyclic) bond motifs is 1. The molecule has 0 bridgehead atoms. The van der Waals surface area contributed by atoms with Crippen molar-refractivity contribution in [3.8, 4) is 17.2 Å². The lowest BCUT2D eigenvalue weighted by atomic mass is 9.89. The lowest BCUT2D eigenvalue weighted by Crippen LogP contribution is -2.24. The van der Waals surface area contributed by atoms with Gasteiger partial charge in [-0.15, -0.1) is 0 Å². The zero-order valence-corrected chi connectivity index (χ0v) is 20.2. The minimum absolute atomic E-state index is 0.0434. The third-order valence-corrected chi connectivity index (χ3v) is 6.73. The first kappa shape index (κ1) is 23.6. The normalized spacial score (nSPS) is 13.9. The predicted molar refractivity (Wildman–Crippen MR) is 134 cm³/mol. The van der Waals surface area contributed by atoms with Crippen molar-refractivity contribution in [1.82, 2.24) is 4.98 Å². The highest BCUT2D eigenvalue weighted by molar-refractivity contribution is 7.22. The van der Waals surface area contributed by atoms with Gasteiger partial charge in [-0.2, -0.15) is 0 Å². The van der Waals surface area contributed by atoms with Crippen LogP contribution in [-0.2, 0) is 4.79 Å². The number of nitrogens with zero attached hydrogens (tertiary/aromatic N) is 1. The van der Waals surface area contributed by atoms with Crippen molar-refractivity contribution in [2.45, 2.75) is 32.1 Å². The summed E-state index contributed by atoms with van der Waals surface area (Å²) >= 11 is 1.42. The lowest BCUT2D eigenvalue weighted by Gasteiger charge is -2.19. The monoisotopic (exact) mass is 484 g/mol. The van der Waals surface area contributed by atoms with Gasteiger partial charge in [-0.25, -0.2) is 9.78 Å². The van der Waals surface area contributed by atoms with Gasteiger partial charge in [-0.05, 0) is 31.0 Å². The predicted octanol–water partition coefficient (Wildman–Crippen LogP) is 5.48. The van der Waals surface area contributed by atoms with Crippen LogP contribution in [0, 0.1) is 5.92 Å². The first-order valence-electron chi connectivity index (χ1n) is 11.1. The number of benzene rings is 2. The highest BCUT2D eigenvalue weighted by Gasteiger charge is 2.22. The van der Waals surface area contributed by atoms with Gasteiger partial charge in [0.25, 0.3) is 0 Å². The van der Waals surface area contributed by atoms with E-state index in [1.54, 1.807) is 24.3 Å². The van der Waals surface area contributed by atoms with Crippen LogP contribution >= 0.6 is 11.3 Å². The number of aromatic nitrogens is 1. The lowest BCUT2D eigenvalue weighted by molar-refractivity contribution is -0.120. The van der Waals surface area contributed by atoms with Crippen molar-refractivity contribution < 1.29 is 23.8 Å². The van der Waals surface area contributed by atoms with Crippen molar-refractivity contribution in [1.29, 1.82) is 0 Å². The Morgan fingerprint density at radius 1 is 0.882 bits per heavy atom. The van der Waals surface area contributed by atoms with Gasteiger partial charge < -0.3 is 30.2 Å². The number of thiazole rings is 1. The molecule has 0 radical (unpaired) electrons. The molecule has 3 N–H and O–H groups in total. The molecule has 1 saturated carbocycles. The summed E-state index contributed by atoms with van der Waals surface area (Å²) in [6, 6.07) is 8.30. The number of urea groups is 1. The van der Waals surface area contributed by atoms with Crippen LogP contribution in [0.4, 0.5) is 21.3 Å². The third kappa shape index (κ3) is 5.33. The largest absolute Gasteiger partial charge is 0.493 e. The second-order valence-electron chi connectivity index (χ2n) is 8.02. The molecule has 9 nitrogen and oxygen atoms in total. The van der Waals surface area contributed by atoms with E-state index < -0.39 is 6.03 Å². The molecule has 0 saturated heterocycles. The van der Waals surface area contributed by atoms with Crippen LogP contribution in [0.5, 0.6) is 17.2 Å². The second kappa shape index (κ2) is 10.6. The minimum Gasteiger partial charge on any atom is -0.493 e. The standard InChI is InChI=1S/C24H28N4O5S/c1-31-18-12-16(13-19(32-2)21(18)33-3)26-23(30)25-15-9-10-20-17(11-15)27-24(34-20)28-22(29)14-7-5-4-6-8-14/h9-14H,4-8H2,1-3H3,(H2,25,26,30)(H,27,28,29). The van der Waals surface area contributed by atoms with Crippen molar-refractivity contribution in [2.75, 3.05) is 37.3 Å². The van der Waals surface area contributed by atoms with Gasteiger partial charge in [0.1, 0.15) is 0 Å². The van der Waals surface area contributed by atoms with E-state index in [4.69, 9.17) is 14.2 Å². The van der Waals surface area contributed by atoms with E-state index in [0.29, 0.717) is 39.3 Å². The van der Waals surface area contributed by atoms with E-state index in [9.17, 15) is 9.59 Å². The highest BCUT2D eigenvalue weighted by atomic mass is 32.1. The second-order valence-corrected chi connectivity index (χ2v) is 9.05. The Kier molecular flexibility index (Phi) is 7.36. The van der Waals surface area contributed by atoms with E-state index in [1.165, 1.54) is 39.1 Å². The molecule has 1 aliphatic rings. The molecule has 34 heavy (non-hydrogen) atoms. The molecule has 180 valence electrons. The van der Waals surface area contributed by atoms with Crippen LogP contribution in [0.15, 0.2) is 30.3 Å². The fraction of sp³-hybridized carbons (Fsp3) is 0.375. The van der Waals surface area contributed by atoms with E-state index in [1.807, 2.05) is 6.07 Å². The van der Waals surface area contributed by atoms with Crippen LogP contribution in [0.3, 0.4) is 0 Å². The molecule has 10 heteroatoms. The van der Waals surface area contributed by atoms with E-state index >= 15 is 0 Å². The average Bonchev–Trinajstić information content (AvgIpc) is 3.25. The van der Waals surface area contributed by atoms with Gasteiger partial charge in [0.05, 0.1) is 37.2 Å². The summed E-state index contributed by atoms with van der Waals surface area (Å²) in [6.07, 6.45) is 5.28. The molecular formula is C24H28N4O5S. The Morgan fingerprint density at radius 3 is 2.21 bits per heavy atom. The van der Waals surface area contributed by atoms with Crippen LogP contribution in [0.2, 0.25) is 0 Å². The number of carbonyl (C=O) groups is 2. The molecular weight excluding hydrogens is 456 g/mol. The fourth-order valence-electron chi connectivity index (χ4n) is 4.08. The molecule has 0 aliphatic heterocycles. The van der Waals surface area contributed by atoms with Crippen LogP contribution in [0.25, 0.3) is 10.2 Å². The Balaban J connectivity index is 1.43.